The van der Waals surface area contributed by atoms with E-state index in [9.17, 15) is 0 Å². The minimum Gasteiger partial charge on any atom is -0.362 e. The Morgan fingerprint density at radius 2 is 1.08 bits per heavy atom. The lowest BCUT2D eigenvalue weighted by Gasteiger charge is -2.15. The number of aromatic amines is 1. The van der Waals surface area contributed by atoms with Crippen molar-refractivity contribution in [1.29, 1.82) is 0 Å². The lowest BCUT2D eigenvalue weighted by Crippen LogP contribution is -1.94. The van der Waals surface area contributed by atoms with E-state index in [2.05, 4.69) is 101 Å². The first-order chi connectivity index (χ1) is 12.0. The molecule has 2 aromatic carbocycles. The average molecular weight is 461 g/mol. The Kier molecular flexibility index (Phi) is 5.55. The molecule has 3 rings (SSSR count). The zero-order valence-corrected chi connectivity index (χ0v) is 18.3. The van der Waals surface area contributed by atoms with Gasteiger partial charge in [-0.2, -0.15) is 0 Å². The van der Waals surface area contributed by atoms with Crippen molar-refractivity contribution in [2.24, 2.45) is 0 Å². The quantitative estimate of drug-likeness (QED) is 0.391. The zero-order chi connectivity index (χ0) is 18.1. The molecule has 0 fully saturated rings. The molecule has 0 saturated heterocycles. The largest absolute Gasteiger partial charge is 0.362 e. The number of aromatic nitrogens is 1. The van der Waals surface area contributed by atoms with Gasteiger partial charge in [0.1, 0.15) is 0 Å². The molecule has 1 aromatic heterocycles. The van der Waals surface area contributed by atoms with E-state index in [1.54, 1.807) is 0 Å². The predicted octanol–water partition coefficient (Wildman–Crippen LogP) is 7.37. The molecule has 3 heteroatoms. The number of nitrogens with one attached hydrogen (secondary N) is 1. The predicted molar refractivity (Wildman–Crippen MR) is 116 cm³/mol. The molecular formula is C22H23Br2N. The maximum absolute atomic E-state index is 3.62. The summed E-state index contributed by atoms with van der Waals surface area (Å²) in [4.78, 5) is 3.58. The molecule has 0 unspecified atom stereocenters. The molecule has 0 amide bonds. The summed E-state index contributed by atoms with van der Waals surface area (Å²) in [5.74, 6) is 0. The Labute approximate surface area is 167 Å². The molecule has 3 aromatic rings. The normalized spacial score (nSPS) is 11.1. The van der Waals surface area contributed by atoms with E-state index in [4.69, 9.17) is 0 Å². The van der Waals surface area contributed by atoms with Crippen LogP contribution in [0.15, 0.2) is 36.4 Å². The summed E-state index contributed by atoms with van der Waals surface area (Å²) < 4.78 is 0. The number of rotatable bonds is 4. The Balaban J connectivity index is 2.32. The van der Waals surface area contributed by atoms with E-state index in [-0.39, 0.29) is 0 Å². The minimum absolute atomic E-state index is 0.878. The Bertz CT molecular complexity index is 848. The Hall–Kier alpha value is -1.32. The van der Waals surface area contributed by atoms with Gasteiger partial charge in [0.15, 0.2) is 0 Å². The molecular weight excluding hydrogens is 438 g/mol. The summed E-state index contributed by atoms with van der Waals surface area (Å²) in [5.41, 5.74) is 13.1. The summed E-state index contributed by atoms with van der Waals surface area (Å²) in [7, 11) is 0. The van der Waals surface area contributed by atoms with Gasteiger partial charge < -0.3 is 4.98 Å². The van der Waals surface area contributed by atoms with Gasteiger partial charge in [0.2, 0.25) is 0 Å². The maximum atomic E-state index is 3.62. The van der Waals surface area contributed by atoms with Gasteiger partial charge in [0.05, 0.1) is 0 Å². The maximum Gasteiger partial charge on any atom is 0.0285 e. The second kappa shape index (κ2) is 7.51. The van der Waals surface area contributed by atoms with Crippen LogP contribution >= 0.6 is 31.9 Å². The van der Waals surface area contributed by atoms with Crippen LogP contribution in [0.2, 0.25) is 0 Å². The van der Waals surface area contributed by atoms with Crippen LogP contribution in [0.1, 0.15) is 33.6 Å². The van der Waals surface area contributed by atoms with Crippen molar-refractivity contribution in [2.45, 2.75) is 38.4 Å². The molecule has 1 nitrogen and oxygen atoms in total. The summed E-state index contributed by atoms with van der Waals surface area (Å²) in [6, 6.07) is 13.2. The van der Waals surface area contributed by atoms with Gasteiger partial charge in [-0.05, 0) is 61.1 Å². The first kappa shape index (κ1) is 18.5. The third kappa shape index (κ3) is 3.24. The van der Waals surface area contributed by atoms with Gasteiger partial charge in [-0.15, -0.1) is 0 Å². The lowest BCUT2D eigenvalue weighted by atomic mass is 9.88. The second-order valence-corrected chi connectivity index (χ2v) is 7.69. The fraction of sp³-hybridized carbons (Fsp3) is 0.273. The minimum atomic E-state index is 0.878. The molecule has 0 aliphatic heterocycles. The molecule has 0 radical (unpaired) electrons. The Morgan fingerprint density at radius 1 is 0.680 bits per heavy atom. The summed E-state index contributed by atoms with van der Waals surface area (Å²) in [6.45, 7) is 8.80. The second-order valence-electron chi connectivity index (χ2n) is 6.57. The van der Waals surface area contributed by atoms with E-state index in [0.29, 0.717) is 0 Å². The van der Waals surface area contributed by atoms with Gasteiger partial charge in [-0.25, -0.2) is 0 Å². The topological polar surface area (TPSA) is 15.8 Å². The van der Waals surface area contributed by atoms with Gasteiger partial charge in [-0.3, -0.25) is 0 Å². The van der Waals surface area contributed by atoms with Crippen LogP contribution in [-0.2, 0) is 10.7 Å². The molecule has 1 heterocycles. The van der Waals surface area contributed by atoms with Crippen molar-refractivity contribution in [3.8, 4) is 22.3 Å². The molecule has 0 spiro atoms. The SMILES string of the molecule is Cc1[nH]c(C)c(-c2cccc(CBr)c2C)c1-c1cccc(CBr)c1C. The van der Waals surface area contributed by atoms with Crippen LogP contribution in [0.3, 0.4) is 0 Å². The van der Waals surface area contributed by atoms with Crippen molar-refractivity contribution in [2.75, 3.05) is 0 Å². The van der Waals surface area contributed by atoms with Gasteiger partial charge in [0, 0.05) is 33.2 Å². The highest BCUT2D eigenvalue weighted by molar-refractivity contribution is 9.08. The monoisotopic (exact) mass is 459 g/mol. The van der Waals surface area contributed by atoms with Crippen LogP contribution in [0, 0.1) is 27.7 Å². The summed E-state index contributed by atoms with van der Waals surface area (Å²) in [6.07, 6.45) is 0. The molecule has 25 heavy (non-hydrogen) atoms. The first-order valence-electron chi connectivity index (χ1n) is 8.48. The van der Waals surface area contributed by atoms with Crippen molar-refractivity contribution in [3.63, 3.8) is 0 Å². The molecule has 0 aliphatic rings. The highest BCUT2D eigenvalue weighted by Crippen LogP contribution is 2.41. The highest BCUT2D eigenvalue weighted by Gasteiger charge is 2.20. The van der Waals surface area contributed by atoms with Crippen molar-refractivity contribution < 1.29 is 0 Å². The van der Waals surface area contributed by atoms with Crippen LogP contribution < -0.4 is 0 Å². The number of halogens is 2. The first-order valence-corrected chi connectivity index (χ1v) is 10.7. The number of hydrogen-bond donors (Lipinski definition) is 1. The number of benzene rings is 2. The van der Waals surface area contributed by atoms with E-state index in [0.717, 1.165) is 10.7 Å². The van der Waals surface area contributed by atoms with Gasteiger partial charge in [0.25, 0.3) is 0 Å². The van der Waals surface area contributed by atoms with E-state index >= 15 is 0 Å². The number of hydrogen-bond acceptors (Lipinski definition) is 0. The molecule has 0 aliphatic carbocycles. The number of alkyl halides is 2. The van der Waals surface area contributed by atoms with Gasteiger partial charge >= 0.3 is 0 Å². The van der Waals surface area contributed by atoms with Crippen molar-refractivity contribution in [3.05, 3.63) is 70.0 Å². The van der Waals surface area contributed by atoms with Crippen LogP contribution in [-0.4, -0.2) is 4.98 Å². The molecule has 0 saturated carbocycles. The van der Waals surface area contributed by atoms with E-state index in [1.807, 2.05) is 0 Å². The van der Waals surface area contributed by atoms with Gasteiger partial charge in [-0.1, -0.05) is 68.3 Å². The third-order valence-electron chi connectivity index (χ3n) is 5.09. The Morgan fingerprint density at radius 3 is 1.44 bits per heavy atom. The smallest absolute Gasteiger partial charge is 0.0285 e. The standard InChI is InChI=1S/C22H23Br2N/c1-13-17(11-23)7-5-9-19(13)21-15(3)25-16(4)22(21)20-10-6-8-18(12-24)14(20)2/h5-10,25H,11-12H2,1-4H3. The summed E-state index contributed by atoms with van der Waals surface area (Å²) >= 11 is 7.24. The average Bonchev–Trinajstić information content (AvgIpc) is 2.89. The van der Waals surface area contributed by atoms with Crippen LogP contribution in [0.4, 0.5) is 0 Å². The van der Waals surface area contributed by atoms with Crippen LogP contribution in [0.5, 0.6) is 0 Å². The van der Waals surface area contributed by atoms with Crippen molar-refractivity contribution in [1.82, 2.24) is 4.98 Å². The number of H-pyrrole nitrogens is 1. The lowest BCUT2D eigenvalue weighted by molar-refractivity contribution is 1.19. The third-order valence-corrected chi connectivity index (χ3v) is 6.30. The highest BCUT2D eigenvalue weighted by atomic mass is 79.9. The van der Waals surface area contributed by atoms with Crippen LogP contribution in [0.25, 0.3) is 22.3 Å². The van der Waals surface area contributed by atoms with E-state index < -0.39 is 0 Å². The number of aryl methyl sites for hydroxylation is 2. The summed E-state index contributed by atoms with van der Waals surface area (Å²) in [5, 5.41) is 1.76. The molecule has 130 valence electrons. The fourth-order valence-corrected chi connectivity index (χ4v) is 4.87. The molecule has 0 atom stereocenters. The van der Waals surface area contributed by atoms with E-state index in [1.165, 1.54) is 55.9 Å². The van der Waals surface area contributed by atoms with Crippen molar-refractivity contribution >= 4 is 31.9 Å². The molecule has 0 bridgehead atoms. The fourth-order valence-electron chi connectivity index (χ4n) is 3.65. The zero-order valence-electron chi connectivity index (χ0n) is 15.1. The molecule has 1 N–H and O–H groups in total.